The SMILES string of the molecule is Cc1ccc(S(=O)(=O)N(Cc2cn(S(=O)(=O)c3ccc(C)cc3)nn2)CC2C/C2=C/c2ccccc2)cc1. The molecule has 10 heteroatoms. The normalized spacial score (nSPS) is 16.7. The minimum atomic E-state index is -3.95. The van der Waals surface area contributed by atoms with Crippen LogP contribution in [-0.2, 0) is 26.6 Å². The van der Waals surface area contributed by atoms with E-state index in [0.717, 1.165) is 27.2 Å². The first-order valence-corrected chi connectivity index (χ1v) is 15.1. The number of benzene rings is 3. The van der Waals surface area contributed by atoms with E-state index in [1.165, 1.54) is 28.2 Å². The van der Waals surface area contributed by atoms with E-state index < -0.39 is 20.0 Å². The Hall–Kier alpha value is -3.60. The van der Waals surface area contributed by atoms with Crippen molar-refractivity contribution in [1.82, 2.24) is 18.7 Å². The summed E-state index contributed by atoms with van der Waals surface area (Å²) in [6, 6.07) is 23.0. The molecular formula is C28H28N4O4S2. The van der Waals surface area contributed by atoms with Gasteiger partial charge in [-0.3, -0.25) is 0 Å². The van der Waals surface area contributed by atoms with Crippen LogP contribution in [0.4, 0.5) is 0 Å². The molecule has 0 saturated heterocycles. The van der Waals surface area contributed by atoms with Crippen LogP contribution < -0.4 is 0 Å². The summed E-state index contributed by atoms with van der Waals surface area (Å²) in [5.74, 6) is 0.0711. The number of nitrogens with zero attached hydrogens (tertiary/aromatic N) is 4. The Morgan fingerprint density at radius 3 is 2.11 bits per heavy atom. The molecule has 0 N–H and O–H groups in total. The van der Waals surface area contributed by atoms with Crippen LogP contribution in [-0.4, -0.2) is 42.1 Å². The van der Waals surface area contributed by atoms with Crippen LogP contribution in [0.2, 0.25) is 0 Å². The van der Waals surface area contributed by atoms with Gasteiger partial charge in [-0.1, -0.05) is 82.6 Å². The predicted molar refractivity (Wildman–Crippen MR) is 145 cm³/mol. The highest BCUT2D eigenvalue weighted by molar-refractivity contribution is 7.90. The minimum absolute atomic E-state index is 0.0711. The highest BCUT2D eigenvalue weighted by Gasteiger charge is 2.36. The Labute approximate surface area is 223 Å². The van der Waals surface area contributed by atoms with Crippen LogP contribution in [0.5, 0.6) is 0 Å². The molecule has 1 saturated carbocycles. The highest BCUT2D eigenvalue weighted by Crippen LogP contribution is 2.41. The molecule has 1 aromatic heterocycles. The first kappa shape index (κ1) is 26.0. The van der Waals surface area contributed by atoms with Crippen molar-refractivity contribution < 1.29 is 16.8 Å². The summed E-state index contributed by atoms with van der Waals surface area (Å²) in [5, 5.41) is 7.83. The first-order chi connectivity index (χ1) is 18.1. The van der Waals surface area contributed by atoms with Crippen molar-refractivity contribution in [3.8, 4) is 0 Å². The van der Waals surface area contributed by atoms with E-state index in [9.17, 15) is 16.8 Å². The molecule has 1 unspecified atom stereocenters. The molecular weight excluding hydrogens is 520 g/mol. The molecule has 4 aromatic rings. The molecule has 38 heavy (non-hydrogen) atoms. The summed E-state index contributed by atoms with van der Waals surface area (Å²) in [7, 11) is -7.82. The average Bonchev–Trinajstić information content (AvgIpc) is 3.43. The van der Waals surface area contributed by atoms with Gasteiger partial charge in [0.05, 0.1) is 28.2 Å². The number of aryl methyl sites for hydroxylation is 2. The predicted octanol–water partition coefficient (Wildman–Crippen LogP) is 4.43. The Kier molecular flexibility index (Phi) is 7.04. The standard InChI is InChI=1S/C28H28N4O4S2/c1-21-8-12-27(13-9-21)37(33,34)31(18-25-17-24(25)16-23-6-4-3-5-7-23)19-26-20-32(30-29-26)38(35,36)28-14-10-22(2)11-15-28/h3-16,20,25H,17-19H2,1-2H3/b24-16-. The Morgan fingerprint density at radius 2 is 1.47 bits per heavy atom. The summed E-state index contributed by atoms with van der Waals surface area (Å²) in [4.78, 5) is 0.259. The molecule has 0 radical (unpaired) electrons. The van der Waals surface area contributed by atoms with Gasteiger partial charge in [-0.2, -0.15) is 12.7 Å². The zero-order chi connectivity index (χ0) is 26.9. The fraction of sp³-hybridized carbons (Fsp3) is 0.214. The van der Waals surface area contributed by atoms with E-state index in [2.05, 4.69) is 16.4 Å². The fourth-order valence-electron chi connectivity index (χ4n) is 4.17. The lowest BCUT2D eigenvalue weighted by Crippen LogP contribution is -2.32. The quantitative estimate of drug-likeness (QED) is 0.307. The average molecular weight is 549 g/mol. The summed E-state index contributed by atoms with van der Waals surface area (Å²) in [5.41, 5.74) is 4.37. The molecule has 5 rings (SSSR count). The van der Waals surface area contributed by atoms with Crippen molar-refractivity contribution in [2.24, 2.45) is 5.92 Å². The molecule has 1 aliphatic rings. The van der Waals surface area contributed by atoms with Crippen LogP contribution in [0.1, 0.15) is 28.8 Å². The second kappa shape index (κ2) is 10.3. The van der Waals surface area contributed by atoms with Crippen LogP contribution in [0, 0.1) is 19.8 Å². The molecule has 1 atom stereocenters. The molecule has 1 heterocycles. The van der Waals surface area contributed by atoms with E-state index in [-0.39, 0.29) is 34.5 Å². The van der Waals surface area contributed by atoms with Crippen molar-refractivity contribution in [2.75, 3.05) is 6.54 Å². The van der Waals surface area contributed by atoms with Crippen LogP contribution >= 0.6 is 0 Å². The molecule has 8 nitrogen and oxygen atoms in total. The maximum atomic E-state index is 13.7. The van der Waals surface area contributed by atoms with E-state index in [0.29, 0.717) is 0 Å². The Morgan fingerprint density at radius 1 is 0.868 bits per heavy atom. The Bertz CT molecular complexity index is 1680. The molecule has 1 fully saturated rings. The second-order valence-corrected chi connectivity index (χ2v) is 13.3. The second-order valence-electron chi connectivity index (χ2n) is 9.54. The third-order valence-electron chi connectivity index (χ3n) is 6.51. The van der Waals surface area contributed by atoms with Crippen molar-refractivity contribution in [3.63, 3.8) is 0 Å². The maximum absolute atomic E-state index is 13.7. The Balaban J connectivity index is 1.42. The van der Waals surface area contributed by atoms with Gasteiger partial charge in [0, 0.05) is 6.54 Å². The van der Waals surface area contributed by atoms with Crippen LogP contribution in [0.25, 0.3) is 6.08 Å². The van der Waals surface area contributed by atoms with Gasteiger partial charge >= 0.3 is 0 Å². The molecule has 196 valence electrons. The topological polar surface area (TPSA) is 102 Å². The monoisotopic (exact) mass is 548 g/mol. The fourth-order valence-corrected chi connectivity index (χ4v) is 6.72. The van der Waals surface area contributed by atoms with Crippen molar-refractivity contribution in [1.29, 1.82) is 0 Å². The van der Waals surface area contributed by atoms with E-state index in [1.807, 2.05) is 44.2 Å². The maximum Gasteiger partial charge on any atom is 0.284 e. The van der Waals surface area contributed by atoms with Crippen molar-refractivity contribution in [2.45, 2.75) is 36.6 Å². The summed E-state index contributed by atoms with van der Waals surface area (Å²) in [6.07, 6.45) is 4.16. The number of hydrogen-bond donors (Lipinski definition) is 0. The van der Waals surface area contributed by atoms with Gasteiger partial charge in [0.25, 0.3) is 10.0 Å². The number of rotatable bonds is 9. The smallest absolute Gasteiger partial charge is 0.207 e. The third-order valence-corrected chi connectivity index (χ3v) is 9.87. The number of hydrogen-bond acceptors (Lipinski definition) is 6. The van der Waals surface area contributed by atoms with Gasteiger partial charge in [0.15, 0.2) is 0 Å². The first-order valence-electron chi connectivity index (χ1n) is 12.2. The van der Waals surface area contributed by atoms with E-state index >= 15 is 0 Å². The van der Waals surface area contributed by atoms with Gasteiger partial charge < -0.3 is 0 Å². The van der Waals surface area contributed by atoms with Crippen molar-refractivity contribution >= 4 is 26.1 Å². The zero-order valence-corrected chi connectivity index (χ0v) is 22.7. The highest BCUT2D eigenvalue weighted by atomic mass is 32.2. The minimum Gasteiger partial charge on any atom is -0.207 e. The van der Waals surface area contributed by atoms with Crippen LogP contribution in [0.15, 0.2) is 100 Å². The summed E-state index contributed by atoms with van der Waals surface area (Å²) >= 11 is 0. The lowest BCUT2D eigenvalue weighted by Gasteiger charge is -2.21. The molecule has 1 aliphatic carbocycles. The molecule has 0 amide bonds. The van der Waals surface area contributed by atoms with Crippen molar-refractivity contribution in [3.05, 3.63) is 113 Å². The summed E-state index contributed by atoms with van der Waals surface area (Å²) < 4.78 is 55.5. The van der Waals surface area contributed by atoms with Gasteiger partial charge in [-0.15, -0.1) is 9.19 Å². The van der Waals surface area contributed by atoms with E-state index in [4.69, 9.17) is 0 Å². The molecule has 0 bridgehead atoms. The molecule has 0 spiro atoms. The summed E-state index contributed by atoms with van der Waals surface area (Å²) in [6.45, 7) is 3.92. The van der Waals surface area contributed by atoms with Crippen LogP contribution in [0.3, 0.4) is 0 Å². The zero-order valence-electron chi connectivity index (χ0n) is 21.1. The lowest BCUT2D eigenvalue weighted by molar-refractivity contribution is 0.391. The van der Waals surface area contributed by atoms with Gasteiger partial charge in [-0.05, 0) is 56.0 Å². The largest absolute Gasteiger partial charge is 0.284 e. The van der Waals surface area contributed by atoms with E-state index in [1.54, 1.807) is 36.4 Å². The number of aromatic nitrogens is 3. The van der Waals surface area contributed by atoms with Gasteiger partial charge in [0.1, 0.15) is 0 Å². The lowest BCUT2D eigenvalue weighted by atomic mass is 10.2. The molecule has 3 aromatic carbocycles. The third kappa shape index (κ3) is 5.62. The van der Waals surface area contributed by atoms with Gasteiger partial charge in [-0.25, -0.2) is 8.42 Å². The van der Waals surface area contributed by atoms with Gasteiger partial charge in [0.2, 0.25) is 10.0 Å². The molecule has 0 aliphatic heterocycles. The number of sulfonamides is 1.